The Hall–Kier alpha value is -1.64. The number of hydrogen-bond acceptors (Lipinski definition) is 16. The molecule has 1 aliphatic carbocycles. The van der Waals surface area contributed by atoms with Gasteiger partial charge in [0.2, 0.25) is 0 Å². The molecule has 0 spiro atoms. The molecule has 0 aromatic rings. The first kappa shape index (κ1) is 62.5. The Kier molecular flexibility index (Phi) is 31.9. The third-order valence-corrected chi connectivity index (χ3v) is 14.1. The van der Waals surface area contributed by atoms with E-state index in [1.807, 2.05) is 6.92 Å². The number of cyclic esters (lactones) is 1. The second-order valence-corrected chi connectivity index (χ2v) is 21.1. The van der Waals surface area contributed by atoms with Crippen molar-refractivity contribution in [3.05, 3.63) is 24.3 Å². The van der Waals surface area contributed by atoms with Gasteiger partial charge in [-0.25, -0.2) is 9.13 Å². The monoisotopic (exact) mass is 1020 g/mol. The second-order valence-electron chi connectivity index (χ2n) is 18.5. The van der Waals surface area contributed by atoms with Crippen LogP contribution in [0.4, 0.5) is 0 Å². The summed E-state index contributed by atoms with van der Waals surface area (Å²) in [4.78, 5) is 56.7. The molecule has 19 nitrogen and oxygen atoms in total. The average Bonchev–Trinajstić information content (AvgIpc) is 3.28. The summed E-state index contributed by atoms with van der Waals surface area (Å²) in [6.45, 7) is 2.53. The van der Waals surface area contributed by atoms with Crippen LogP contribution in [-0.4, -0.2) is 137 Å². The number of carbonyl (C=O) groups excluding carboxylic acids is 2. The van der Waals surface area contributed by atoms with E-state index in [2.05, 4.69) is 19.1 Å². The molecule has 398 valence electrons. The van der Waals surface area contributed by atoms with Gasteiger partial charge in [0, 0.05) is 31.1 Å². The van der Waals surface area contributed by atoms with Crippen molar-refractivity contribution in [2.45, 2.75) is 235 Å². The Balaban J connectivity index is 2.27. The van der Waals surface area contributed by atoms with Gasteiger partial charge < -0.3 is 59.9 Å². The number of phosphoric acid groups is 2. The summed E-state index contributed by atoms with van der Waals surface area (Å²) in [5, 5.41) is 79.8. The Morgan fingerprint density at radius 3 is 2.07 bits per heavy atom. The molecule has 13 atom stereocenters. The van der Waals surface area contributed by atoms with E-state index in [4.69, 9.17) is 23.0 Å². The number of phosphoric ester groups is 2. The third kappa shape index (κ3) is 26.2. The molecule has 1 saturated heterocycles. The Labute approximate surface area is 403 Å². The Bertz CT molecular complexity index is 1530. The largest absolute Gasteiger partial charge is 0.472 e. The molecule has 2 aliphatic rings. The maximum Gasteiger partial charge on any atom is 0.472 e. The van der Waals surface area contributed by atoms with Crippen molar-refractivity contribution >= 4 is 27.6 Å². The SMILES string of the molecule is CC/C=C\CCCCCCCCCCCCCC(=O)OC[C@@H]1COP(=O)(O)O[C@H]2[C@H](O)[C@@H](O)[C@H](O)[C@@H](CCCCCCC(=O)O1)[C@@H](O)C[C@@H](O)[C@H](/C=C/[C@@H](O)CCCCC)[C@@H](O)[C@H]2OP(=O)(O)O. The summed E-state index contributed by atoms with van der Waals surface area (Å²) >= 11 is 0. The lowest BCUT2D eigenvalue weighted by Crippen LogP contribution is -2.56. The first-order valence-corrected chi connectivity index (χ1v) is 28.2. The van der Waals surface area contributed by atoms with E-state index in [0.29, 0.717) is 38.5 Å². The third-order valence-electron chi connectivity index (χ3n) is 12.6. The number of unbranched alkanes of at least 4 members (excludes halogenated alkanes) is 13. The van der Waals surface area contributed by atoms with Crippen LogP contribution in [0.3, 0.4) is 0 Å². The summed E-state index contributed by atoms with van der Waals surface area (Å²) in [5.74, 6) is -4.35. The summed E-state index contributed by atoms with van der Waals surface area (Å²) < 4.78 is 52.3. The second kappa shape index (κ2) is 34.7. The van der Waals surface area contributed by atoms with Crippen LogP contribution in [0.25, 0.3) is 0 Å². The fourth-order valence-corrected chi connectivity index (χ4v) is 10.2. The van der Waals surface area contributed by atoms with E-state index in [9.17, 15) is 69.1 Å². The zero-order valence-corrected chi connectivity index (χ0v) is 42.2. The Morgan fingerprint density at radius 2 is 1.44 bits per heavy atom. The van der Waals surface area contributed by atoms with Gasteiger partial charge in [0.1, 0.15) is 31.0 Å². The summed E-state index contributed by atoms with van der Waals surface area (Å²) in [6.07, 6.45) is 3.41. The maximum atomic E-state index is 13.7. The van der Waals surface area contributed by atoms with Crippen LogP contribution in [-0.2, 0) is 41.8 Å². The van der Waals surface area contributed by atoms with Gasteiger partial charge in [0.25, 0.3) is 0 Å². The van der Waals surface area contributed by atoms with Crippen LogP contribution in [0.5, 0.6) is 0 Å². The molecular formula is C47H86O19P2. The minimum atomic E-state index is -5.75. The molecule has 0 aromatic carbocycles. The van der Waals surface area contributed by atoms with Gasteiger partial charge in [-0.3, -0.25) is 23.2 Å². The highest BCUT2D eigenvalue weighted by atomic mass is 31.2. The number of ether oxygens (including phenoxy) is 2. The van der Waals surface area contributed by atoms with E-state index >= 15 is 0 Å². The normalized spacial score (nSPS) is 31.6. The predicted molar refractivity (Wildman–Crippen MR) is 252 cm³/mol. The van der Waals surface area contributed by atoms with Gasteiger partial charge in [0.05, 0.1) is 37.1 Å². The van der Waals surface area contributed by atoms with Crippen molar-refractivity contribution < 1.29 is 92.2 Å². The van der Waals surface area contributed by atoms with Crippen LogP contribution in [0, 0.1) is 11.8 Å². The van der Waals surface area contributed by atoms with Gasteiger partial charge in [-0.2, -0.15) is 0 Å². The first-order valence-electron chi connectivity index (χ1n) is 25.1. The van der Waals surface area contributed by atoms with Crippen molar-refractivity contribution in [1.29, 1.82) is 0 Å². The summed E-state index contributed by atoms with van der Waals surface area (Å²) in [5.41, 5.74) is 0. The predicted octanol–water partition coefficient (Wildman–Crippen LogP) is 6.11. The lowest BCUT2D eigenvalue weighted by Gasteiger charge is -2.39. The molecule has 2 rings (SSSR count). The molecule has 0 radical (unpaired) electrons. The van der Waals surface area contributed by atoms with Crippen molar-refractivity contribution in [1.82, 2.24) is 0 Å². The first-order chi connectivity index (χ1) is 32.3. The molecule has 0 aromatic heterocycles. The smallest absolute Gasteiger partial charge is 0.462 e. The number of esters is 2. The highest BCUT2D eigenvalue weighted by Gasteiger charge is 2.51. The van der Waals surface area contributed by atoms with Crippen molar-refractivity contribution in [3.8, 4) is 0 Å². The zero-order chi connectivity index (χ0) is 50.5. The Morgan fingerprint density at radius 1 is 0.809 bits per heavy atom. The molecule has 21 heteroatoms. The van der Waals surface area contributed by atoms with E-state index in [0.717, 1.165) is 57.4 Å². The van der Waals surface area contributed by atoms with Crippen LogP contribution in [0.1, 0.15) is 174 Å². The molecule has 68 heavy (non-hydrogen) atoms. The topological polar surface area (TPSA) is 317 Å². The van der Waals surface area contributed by atoms with E-state index in [1.165, 1.54) is 44.6 Å². The molecular weight excluding hydrogens is 930 g/mol. The van der Waals surface area contributed by atoms with Crippen molar-refractivity contribution in [2.75, 3.05) is 13.2 Å². The molecule has 2 bridgehead atoms. The number of fused-ring (bicyclic) bond motifs is 4. The lowest BCUT2D eigenvalue weighted by molar-refractivity contribution is -0.166. The zero-order valence-electron chi connectivity index (χ0n) is 40.4. The fraction of sp³-hybridized carbons (Fsp3) is 0.872. The van der Waals surface area contributed by atoms with E-state index < -0.39 is 120 Å². The van der Waals surface area contributed by atoms with Crippen LogP contribution < -0.4 is 0 Å². The van der Waals surface area contributed by atoms with Gasteiger partial charge in [0.15, 0.2) is 6.10 Å². The van der Waals surface area contributed by atoms with E-state index in [-0.39, 0.29) is 25.7 Å². The number of carbonyl (C=O) groups is 2. The maximum absolute atomic E-state index is 13.7. The molecule has 2 fully saturated rings. The minimum Gasteiger partial charge on any atom is -0.462 e. The molecule has 1 aliphatic heterocycles. The molecule has 1 heterocycles. The summed E-state index contributed by atoms with van der Waals surface area (Å²) in [7, 11) is -11.4. The number of allylic oxidation sites excluding steroid dienone is 2. The standard InChI is InChI=1S/C47H86O19P2/c1-3-5-7-8-9-10-11-12-13-14-15-16-17-18-23-27-40(51)62-32-35-33-63-68(60,61)66-47-45(56)44(55)42(53)36(26-22-19-20-24-28-41(52)64-35)38(49)31-39(50)37(30-29-34(48)25-21-6-4-2)43(54)46(47)65-67(57,58)59/h5,7,29-30,34-39,42-50,53-56H,3-4,6,8-28,31-33H2,1-2H3,(H,60,61)(H2,57,58,59)/b7-5-,30-29+/t34-,35+,36-,37-,38-,39+,42+,43+,44-,45+,46+,47-/m0/s1. The molecule has 0 amide bonds. The molecule has 1 saturated carbocycles. The average molecular weight is 1020 g/mol. The minimum absolute atomic E-state index is 0.0244. The number of aliphatic hydroxyl groups excluding tert-OH is 7. The van der Waals surface area contributed by atoms with Gasteiger partial charge in [-0.1, -0.05) is 134 Å². The highest BCUT2D eigenvalue weighted by molar-refractivity contribution is 7.47. The van der Waals surface area contributed by atoms with E-state index in [1.54, 1.807) is 0 Å². The number of hydrogen-bond donors (Lipinski definition) is 10. The van der Waals surface area contributed by atoms with Crippen LogP contribution in [0.2, 0.25) is 0 Å². The van der Waals surface area contributed by atoms with Gasteiger partial charge in [-0.15, -0.1) is 0 Å². The van der Waals surface area contributed by atoms with Gasteiger partial charge >= 0.3 is 27.6 Å². The fourth-order valence-electron chi connectivity index (χ4n) is 8.65. The van der Waals surface area contributed by atoms with Gasteiger partial charge in [-0.05, 0) is 44.9 Å². The lowest BCUT2D eigenvalue weighted by atomic mass is 9.82. The molecule has 1 unspecified atom stereocenters. The quantitative estimate of drug-likeness (QED) is 0.0213. The number of rotatable bonds is 25. The van der Waals surface area contributed by atoms with Crippen molar-refractivity contribution in [3.63, 3.8) is 0 Å². The highest BCUT2D eigenvalue weighted by Crippen LogP contribution is 2.50. The van der Waals surface area contributed by atoms with Crippen molar-refractivity contribution in [2.24, 2.45) is 11.8 Å². The molecule has 10 N–H and O–H groups in total. The summed E-state index contributed by atoms with van der Waals surface area (Å²) in [6, 6.07) is 0. The van der Waals surface area contributed by atoms with Crippen LogP contribution >= 0.6 is 15.6 Å². The van der Waals surface area contributed by atoms with Crippen LogP contribution in [0.15, 0.2) is 24.3 Å². The number of aliphatic hydroxyl groups is 7.